The highest BCUT2D eigenvalue weighted by molar-refractivity contribution is 7.92. The third-order valence-electron chi connectivity index (χ3n) is 5.46. The predicted molar refractivity (Wildman–Crippen MR) is 125 cm³/mol. The monoisotopic (exact) mass is 477 g/mol. The topological polar surface area (TPSA) is 95.6 Å². The lowest BCUT2D eigenvalue weighted by atomic mass is 10.1. The van der Waals surface area contributed by atoms with Crippen molar-refractivity contribution in [3.05, 3.63) is 58.6 Å². The molecule has 1 aliphatic heterocycles. The van der Waals surface area contributed by atoms with Crippen molar-refractivity contribution in [2.75, 3.05) is 17.8 Å². The fourth-order valence-corrected chi connectivity index (χ4v) is 4.95. The Morgan fingerprint density at radius 2 is 1.97 bits per heavy atom. The maximum atomic E-state index is 13.1. The van der Waals surface area contributed by atoms with E-state index in [0.29, 0.717) is 30.1 Å². The molecule has 2 aromatic carbocycles. The molecule has 0 spiro atoms. The first-order chi connectivity index (χ1) is 15.2. The van der Waals surface area contributed by atoms with Crippen LogP contribution in [0.3, 0.4) is 0 Å². The van der Waals surface area contributed by atoms with Gasteiger partial charge in [-0.15, -0.1) is 0 Å². The Morgan fingerprint density at radius 3 is 2.69 bits per heavy atom. The Hall–Kier alpha value is -2.58. The molecule has 0 aliphatic carbocycles. The van der Waals surface area contributed by atoms with Crippen molar-refractivity contribution in [1.29, 1.82) is 0 Å². The number of nitrogens with one attached hydrogen (secondary N) is 2. The number of amides is 2. The Kier molecular flexibility index (Phi) is 7.79. The molecule has 0 aromatic heterocycles. The molecule has 1 saturated heterocycles. The zero-order valence-corrected chi connectivity index (χ0v) is 19.8. The van der Waals surface area contributed by atoms with E-state index in [-0.39, 0.29) is 22.4 Å². The Labute approximate surface area is 194 Å². The molecule has 1 atom stereocenters. The maximum Gasteiger partial charge on any atom is 0.261 e. The second-order valence-corrected chi connectivity index (χ2v) is 9.99. The third-order valence-corrected chi connectivity index (χ3v) is 7.25. The zero-order valence-electron chi connectivity index (χ0n) is 18.2. The highest BCUT2D eigenvalue weighted by Crippen LogP contribution is 2.24. The van der Waals surface area contributed by atoms with Crippen molar-refractivity contribution in [1.82, 2.24) is 10.2 Å². The lowest BCUT2D eigenvalue weighted by Crippen LogP contribution is -2.46. The van der Waals surface area contributed by atoms with E-state index < -0.39 is 16.1 Å². The molecule has 2 aromatic rings. The highest BCUT2D eigenvalue weighted by atomic mass is 35.5. The maximum absolute atomic E-state index is 13.1. The van der Waals surface area contributed by atoms with Crippen LogP contribution in [0.4, 0.5) is 5.69 Å². The van der Waals surface area contributed by atoms with E-state index in [1.807, 2.05) is 6.92 Å². The van der Waals surface area contributed by atoms with E-state index in [0.717, 1.165) is 24.8 Å². The number of carbonyl (C=O) groups is 2. The summed E-state index contributed by atoms with van der Waals surface area (Å²) < 4.78 is 28.0. The van der Waals surface area contributed by atoms with Crippen LogP contribution < -0.4 is 10.0 Å². The van der Waals surface area contributed by atoms with Gasteiger partial charge in [-0.1, -0.05) is 37.1 Å². The van der Waals surface area contributed by atoms with Crippen molar-refractivity contribution in [2.24, 2.45) is 0 Å². The van der Waals surface area contributed by atoms with Crippen LogP contribution >= 0.6 is 11.6 Å². The number of likely N-dealkylation sites (tertiary alicyclic amines) is 1. The first-order valence-corrected chi connectivity index (χ1v) is 12.6. The van der Waals surface area contributed by atoms with Crippen LogP contribution in [0.25, 0.3) is 0 Å². The van der Waals surface area contributed by atoms with Gasteiger partial charge < -0.3 is 10.2 Å². The van der Waals surface area contributed by atoms with Crippen LogP contribution in [0.1, 0.15) is 48.5 Å². The smallest absolute Gasteiger partial charge is 0.261 e. The van der Waals surface area contributed by atoms with Gasteiger partial charge in [0.1, 0.15) is 6.04 Å². The summed E-state index contributed by atoms with van der Waals surface area (Å²) in [5, 5.41) is 3.25. The number of anilines is 1. The van der Waals surface area contributed by atoms with Crippen LogP contribution in [-0.2, 0) is 14.8 Å². The molecule has 1 fully saturated rings. The molecule has 1 heterocycles. The average Bonchev–Trinajstić information content (AvgIpc) is 3.25. The predicted octanol–water partition coefficient (Wildman–Crippen LogP) is 3.97. The molecule has 0 radical (unpaired) electrons. The standard InChI is InChI=1S/C23H28ClN3O4S/c1-3-4-12-25-22(28)21-9-6-13-27(21)23(29)17-7-5-8-18(14-17)26-32(30,31)19-11-10-16(2)20(24)15-19/h5,7-8,10-11,14-15,21,26H,3-4,6,9,12-13H2,1-2H3,(H,25,28). The number of benzene rings is 2. The number of carbonyl (C=O) groups excluding carboxylic acids is 2. The molecular weight excluding hydrogens is 450 g/mol. The van der Waals surface area contributed by atoms with Gasteiger partial charge in [-0.05, 0) is 62.1 Å². The Morgan fingerprint density at radius 1 is 1.19 bits per heavy atom. The van der Waals surface area contributed by atoms with Gasteiger partial charge in [0, 0.05) is 29.4 Å². The van der Waals surface area contributed by atoms with Crippen LogP contribution in [0.5, 0.6) is 0 Å². The van der Waals surface area contributed by atoms with Crippen LogP contribution in [0, 0.1) is 6.92 Å². The average molecular weight is 478 g/mol. The molecule has 2 amide bonds. The quantitative estimate of drug-likeness (QED) is 0.562. The second-order valence-electron chi connectivity index (χ2n) is 7.90. The summed E-state index contributed by atoms with van der Waals surface area (Å²) in [6, 6.07) is 10.3. The van der Waals surface area contributed by atoms with Crippen LogP contribution in [0.2, 0.25) is 5.02 Å². The number of aryl methyl sites for hydroxylation is 1. The fraction of sp³-hybridized carbons (Fsp3) is 0.391. The first kappa shape index (κ1) is 24.1. The molecule has 32 heavy (non-hydrogen) atoms. The van der Waals surface area contributed by atoms with E-state index in [1.54, 1.807) is 36.1 Å². The molecule has 3 rings (SSSR count). The molecule has 1 unspecified atom stereocenters. The Bertz CT molecular complexity index is 1100. The lowest BCUT2D eigenvalue weighted by molar-refractivity contribution is -0.124. The lowest BCUT2D eigenvalue weighted by Gasteiger charge is -2.24. The summed E-state index contributed by atoms with van der Waals surface area (Å²) in [6.45, 7) is 4.92. The van der Waals surface area contributed by atoms with Crippen molar-refractivity contribution >= 4 is 39.1 Å². The van der Waals surface area contributed by atoms with Crippen LogP contribution in [0.15, 0.2) is 47.4 Å². The van der Waals surface area contributed by atoms with E-state index in [1.165, 1.54) is 18.2 Å². The van der Waals surface area contributed by atoms with Gasteiger partial charge in [-0.2, -0.15) is 0 Å². The summed E-state index contributed by atoms with van der Waals surface area (Å²) >= 11 is 6.07. The van der Waals surface area contributed by atoms with E-state index in [2.05, 4.69) is 10.0 Å². The Balaban J connectivity index is 1.75. The summed E-state index contributed by atoms with van der Waals surface area (Å²) in [5.74, 6) is -0.435. The largest absolute Gasteiger partial charge is 0.354 e. The van der Waals surface area contributed by atoms with Gasteiger partial charge >= 0.3 is 0 Å². The summed E-state index contributed by atoms with van der Waals surface area (Å²) in [7, 11) is -3.87. The second kappa shape index (κ2) is 10.4. The minimum Gasteiger partial charge on any atom is -0.354 e. The molecule has 2 N–H and O–H groups in total. The molecule has 172 valence electrons. The number of halogens is 1. The number of nitrogens with zero attached hydrogens (tertiary/aromatic N) is 1. The highest BCUT2D eigenvalue weighted by Gasteiger charge is 2.34. The number of hydrogen-bond donors (Lipinski definition) is 2. The zero-order chi connectivity index (χ0) is 23.3. The van der Waals surface area contributed by atoms with Crippen molar-refractivity contribution in [3.8, 4) is 0 Å². The van der Waals surface area contributed by atoms with Crippen LogP contribution in [-0.4, -0.2) is 44.3 Å². The van der Waals surface area contributed by atoms with Gasteiger partial charge in [0.25, 0.3) is 15.9 Å². The summed E-state index contributed by atoms with van der Waals surface area (Å²) in [4.78, 5) is 27.2. The molecule has 0 saturated carbocycles. The van der Waals surface area contributed by atoms with Gasteiger partial charge in [-0.3, -0.25) is 14.3 Å². The summed E-state index contributed by atoms with van der Waals surface area (Å²) in [5.41, 5.74) is 1.35. The normalized spacial score (nSPS) is 16.1. The number of sulfonamides is 1. The van der Waals surface area contributed by atoms with Gasteiger partial charge in [0.05, 0.1) is 4.90 Å². The van der Waals surface area contributed by atoms with E-state index >= 15 is 0 Å². The van der Waals surface area contributed by atoms with E-state index in [9.17, 15) is 18.0 Å². The molecule has 7 nitrogen and oxygen atoms in total. The summed E-state index contributed by atoms with van der Waals surface area (Å²) in [6.07, 6.45) is 3.23. The third kappa shape index (κ3) is 5.61. The van der Waals surface area contributed by atoms with Crippen molar-refractivity contribution < 1.29 is 18.0 Å². The number of hydrogen-bond acceptors (Lipinski definition) is 4. The molecule has 9 heteroatoms. The first-order valence-electron chi connectivity index (χ1n) is 10.7. The number of unbranched alkanes of at least 4 members (excludes halogenated alkanes) is 1. The molecule has 0 bridgehead atoms. The van der Waals surface area contributed by atoms with Gasteiger partial charge in [0.15, 0.2) is 0 Å². The van der Waals surface area contributed by atoms with E-state index in [4.69, 9.17) is 11.6 Å². The van der Waals surface area contributed by atoms with Crippen molar-refractivity contribution in [2.45, 2.75) is 50.5 Å². The van der Waals surface area contributed by atoms with Crippen molar-refractivity contribution in [3.63, 3.8) is 0 Å². The fourth-order valence-electron chi connectivity index (χ4n) is 3.62. The SMILES string of the molecule is CCCCNC(=O)C1CCCN1C(=O)c1cccc(NS(=O)(=O)c2ccc(C)c(Cl)c2)c1. The minimum absolute atomic E-state index is 0.0354. The molecular formula is C23H28ClN3O4S. The minimum atomic E-state index is -3.87. The van der Waals surface area contributed by atoms with Gasteiger partial charge in [0.2, 0.25) is 5.91 Å². The van der Waals surface area contributed by atoms with Gasteiger partial charge in [-0.25, -0.2) is 8.42 Å². The number of rotatable bonds is 8. The molecule has 1 aliphatic rings.